The Hall–Kier alpha value is -1.02. The van der Waals surface area contributed by atoms with Gasteiger partial charge in [0.1, 0.15) is 0 Å². The Bertz CT molecular complexity index is 515. The number of nitrogens with one attached hydrogen (secondary N) is 1. The Balaban J connectivity index is 1.92. The van der Waals surface area contributed by atoms with Crippen LogP contribution in [-0.2, 0) is 19.5 Å². The van der Waals surface area contributed by atoms with Crippen molar-refractivity contribution in [1.82, 2.24) is 5.32 Å². The van der Waals surface area contributed by atoms with Crippen LogP contribution in [0.15, 0.2) is 42.5 Å². The molecule has 0 radical (unpaired) electrons. The van der Waals surface area contributed by atoms with Gasteiger partial charge in [0.2, 0.25) is 0 Å². The van der Waals surface area contributed by atoms with Crippen LogP contribution in [0.5, 0.6) is 0 Å². The lowest BCUT2D eigenvalue weighted by Gasteiger charge is -2.09. The van der Waals surface area contributed by atoms with E-state index < -0.39 is 0 Å². The van der Waals surface area contributed by atoms with Crippen molar-refractivity contribution < 1.29 is 0 Å². The van der Waals surface area contributed by atoms with Crippen molar-refractivity contribution in [2.24, 2.45) is 0 Å². The number of benzene rings is 2. The lowest BCUT2D eigenvalue weighted by atomic mass is 10.1. The molecule has 0 heterocycles. The van der Waals surface area contributed by atoms with Crippen molar-refractivity contribution in [3.05, 3.63) is 69.2 Å². The minimum absolute atomic E-state index is 0.675. The van der Waals surface area contributed by atoms with Crippen LogP contribution < -0.4 is 5.32 Å². The van der Waals surface area contributed by atoms with Crippen molar-refractivity contribution in [1.29, 1.82) is 0 Å². The summed E-state index contributed by atoms with van der Waals surface area (Å²) >= 11 is 12.3. The molecule has 0 fully saturated rings. The summed E-state index contributed by atoms with van der Waals surface area (Å²) in [6, 6.07) is 14.2. The van der Waals surface area contributed by atoms with Gasteiger partial charge in [-0.05, 0) is 29.7 Å². The molecule has 0 aromatic heterocycles. The maximum Gasteiger partial charge on any atom is 0.0465 e. The van der Waals surface area contributed by atoms with E-state index in [2.05, 4.69) is 36.5 Å². The zero-order valence-corrected chi connectivity index (χ0v) is 12.4. The van der Waals surface area contributed by atoms with Gasteiger partial charge in [-0.3, -0.25) is 0 Å². The second kappa shape index (κ2) is 6.95. The first-order valence-electron chi connectivity index (χ1n) is 6.42. The first kappa shape index (κ1) is 14.4. The summed E-state index contributed by atoms with van der Waals surface area (Å²) in [5.74, 6) is 0. The summed E-state index contributed by atoms with van der Waals surface area (Å²) in [6.45, 7) is 3.65. The molecule has 19 heavy (non-hydrogen) atoms. The van der Waals surface area contributed by atoms with Gasteiger partial charge in [-0.25, -0.2) is 0 Å². The molecule has 2 rings (SSSR count). The molecule has 0 saturated carbocycles. The predicted octanol–water partition coefficient (Wildman–Crippen LogP) is 4.85. The van der Waals surface area contributed by atoms with Crippen molar-refractivity contribution in [3.8, 4) is 0 Å². The molecule has 3 heteroatoms. The summed E-state index contributed by atoms with van der Waals surface area (Å²) in [5.41, 5.74) is 3.58. The SMILES string of the molecule is CCc1ccc(CNCc2c(Cl)cccc2Cl)cc1. The van der Waals surface area contributed by atoms with Crippen LogP contribution in [0.4, 0.5) is 0 Å². The van der Waals surface area contributed by atoms with E-state index in [1.807, 2.05) is 18.2 Å². The van der Waals surface area contributed by atoms with Gasteiger partial charge in [0.05, 0.1) is 0 Å². The quantitative estimate of drug-likeness (QED) is 0.831. The number of aryl methyl sites for hydroxylation is 1. The Morgan fingerprint density at radius 3 is 2.00 bits per heavy atom. The molecule has 0 aliphatic heterocycles. The van der Waals surface area contributed by atoms with Crippen LogP contribution in [0.25, 0.3) is 0 Å². The Morgan fingerprint density at radius 1 is 0.842 bits per heavy atom. The normalized spacial score (nSPS) is 10.7. The van der Waals surface area contributed by atoms with Gasteiger partial charge in [-0.1, -0.05) is 60.5 Å². The highest BCUT2D eigenvalue weighted by atomic mass is 35.5. The number of hydrogen-bond donors (Lipinski definition) is 1. The van der Waals surface area contributed by atoms with Gasteiger partial charge in [-0.2, -0.15) is 0 Å². The molecule has 0 bridgehead atoms. The van der Waals surface area contributed by atoms with Crippen LogP contribution in [0.1, 0.15) is 23.6 Å². The van der Waals surface area contributed by atoms with Crippen molar-refractivity contribution in [2.45, 2.75) is 26.4 Å². The standard InChI is InChI=1S/C16H17Cl2N/c1-2-12-6-8-13(9-7-12)10-19-11-14-15(17)4-3-5-16(14)18/h3-9,19H,2,10-11H2,1H3. The molecule has 100 valence electrons. The fourth-order valence-corrected chi connectivity index (χ4v) is 2.46. The number of halogens is 2. The smallest absolute Gasteiger partial charge is 0.0465 e. The first-order chi connectivity index (χ1) is 9.20. The fraction of sp³-hybridized carbons (Fsp3) is 0.250. The molecule has 2 aromatic rings. The molecule has 2 aromatic carbocycles. The molecule has 0 amide bonds. The lowest BCUT2D eigenvalue weighted by molar-refractivity contribution is 0.693. The molecular weight excluding hydrogens is 277 g/mol. The van der Waals surface area contributed by atoms with Gasteiger partial charge in [0.25, 0.3) is 0 Å². The summed E-state index contributed by atoms with van der Waals surface area (Å²) < 4.78 is 0. The topological polar surface area (TPSA) is 12.0 Å². The van der Waals surface area contributed by atoms with E-state index in [4.69, 9.17) is 23.2 Å². The van der Waals surface area contributed by atoms with E-state index in [0.717, 1.165) is 18.5 Å². The molecule has 0 atom stereocenters. The van der Waals surface area contributed by atoms with Crippen molar-refractivity contribution in [2.75, 3.05) is 0 Å². The lowest BCUT2D eigenvalue weighted by Crippen LogP contribution is -2.13. The van der Waals surface area contributed by atoms with Crippen molar-refractivity contribution >= 4 is 23.2 Å². The summed E-state index contributed by atoms with van der Waals surface area (Å²) in [6.07, 6.45) is 1.07. The summed E-state index contributed by atoms with van der Waals surface area (Å²) in [7, 11) is 0. The van der Waals surface area contributed by atoms with E-state index in [0.29, 0.717) is 16.6 Å². The van der Waals surface area contributed by atoms with Crippen LogP contribution in [0.3, 0.4) is 0 Å². The third-order valence-electron chi connectivity index (χ3n) is 3.12. The average Bonchev–Trinajstić information content (AvgIpc) is 2.43. The van der Waals surface area contributed by atoms with E-state index in [1.54, 1.807) is 0 Å². The predicted molar refractivity (Wildman–Crippen MR) is 82.8 cm³/mol. The third kappa shape index (κ3) is 3.97. The fourth-order valence-electron chi connectivity index (χ4n) is 1.93. The highest BCUT2D eigenvalue weighted by Crippen LogP contribution is 2.23. The second-order valence-corrected chi connectivity index (χ2v) is 5.29. The Labute approximate surface area is 124 Å². The third-order valence-corrected chi connectivity index (χ3v) is 3.83. The average molecular weight is 294 g/mol. The highest BCUT2D eigenvalue weighted by molar-refractivity contribution is 6.35. The van der Waals surface area contributed by atoms with Gasteiger partial charge in [-0.15, -0.1) is 0 Å². The maximum absolute atomic E-state index is 6.13. The Morgan fingerprint density at radius 2 is 1.42 bits per heavy atom. The molecule has 0 spiro atoms. The zero-order chi connectivity index (χ0) is 13.7. The van der Waals surface area contributed by atoms with E-state index in [9.17, 15) is 0 Å². The second-order valence-electron chi connectivity index (χ2n) is 4.47. The molecular formula is C16H17Cl2N. The molecule has 0 saturated heterocycles. The molecule has 0 aliphatic carbocycles. The summed E-state index contributed by atoms with van der Waals surface area (Å²) in [5, 5.41) is 4.79. The van der Waals surface area contributed by atoms with Crippen molar-refractivity contribution in [3.63, 3.8) is 0 Å². The molecule has 0 unspecified atom stereocenters. The van der Waals surface area contributed by atoms with E-state index in [-0.39, 0.29) is 0 Å². The van der Waals surface area contributed by atoms with Gasteiger partial charge in [0.15, 0.2) is 0 Å². The number of rotatable bonds is 5. The first-order valence-corrected chi connectivity index (χ1v) is 7.17. The maximum atomic E-state index is 6.13. The molecule has 1 N–H and O–H groups in total. The van der Waals surface area contributed by atoms with Crippen LogP contribution in [-0.4, -0.2) is 0 Å². The van der Waals surface area contributed by atoms with E-state index >= 15 is 0 Å². The minimum Gasteiger partial charge on any atom is -0.309 e. The van der Waals surface area contributed by atoms with Crippen LogP contribution >= 0.6 is 23.2 Å². The molecule has 0 aliphatic rings. The monoisotopic (exact) mass is 293 g/mol. The summed E-state index contributed by atoms with van der Waals surface area (Å²) in [4.78, 5) is 0. The van der Waals surface area contributed by atoms with Gasteiger partial charge in [0, 0.05) is 28.7 Å². The van der Waals surface area contributed by atoms with Gasteiger partial charge >= 0.3 is 0 Å². The Kier molecular flexibility index (Phi) is 5.26. The minimum atomic E-state index is 0.675. The van der Waals surface area contributed by atoms with Gasteiger partial charge < -0.3 is 5.32 Å². The zero-order valence-electron chi connectivity index (χ0n) is 10.9. The van der Waals surface area contributed by atoms with Crippen LogP contribution in [0.2, 0.25) is 10.0 Å². The largest absolute Gasteiger partial charge is 0.309 e. The molecule has 1 nitrogen and oxygen atoms in total. The van der Waals surface area contributed by atoms with E-state index in [1.165, 1.54) is 11.1 Å². The van der Waals surface area contributed by atoms with Crippen LogP contribution in [0, 0.1) is 0 Å². The highest BCUT2D eigenvalue weighted by Gasteiger charge is 2.04. The number of hydrogen-bond acceptors (Lipinski definition) is 1.